The van der Waals surface area contributed by atoms with Gasteiger partial charge in [0.1, 0.15) is 13.2 Å². The molecule has 0 amide bonds. The van der Waals surface area contributed by atoms with Crippen molar-refractivity contribution in [3.8, 4) is 0 Å². The fourth-order valence-corrected chi connectivity index (χ4v) is 7.95. The van der Waals surface area contributed by atoms with E-state index in [0.29, 0.717) is 19.3 Å². The van der Waals surface area contributed by atoms with Crippen molar-refractivity contribution in [1.82, 2.24) is 0 Å². The third-order valence-electron chi connectivity index (χ3n) is 12.3. The number of carbonyl (C=O) groups is 3. The highest BCUT2D eigenvalue weighted by Gasteiger charge is 2.19. The zero-order chi connectivity index (χ0) is 50.7. The van der Waals surface area contributed by atoms with Gasteiger partial charge < -0.3 is 14.2 Å². The average molecular weight is 974 g/mol. The molecular formula is C64H108O6. The molecule has 0 aliphatic rings. The number of esters is 3. The molecular weight excluding hydrogens is 865 g/mol. The molecule has 70 heavy (non-hydrogen) atoms. The van der Waals surface area contributed by atoms with Crippen molar-refractivity contribution in [3.05, 3.63) is 97.2 Å². The van der Waals surface area contributed by atoms with E-state index in [2.05, 4.69) is 118 Å². The van der Waals surface area contributed by atoms with Gasteiger partial charge in [-0.3, -0.25) is 14.4 Å². The average Bonchev–Trinajstić information content (AvgIpc) is 3.36. The molecule has 0 aliphatic heterocycles. The van der Waals surface area contributed by atoms with E-state index in [0.717, 1.165) is 122 Å². The van der Waals surface area contributed by atoms with Crippen LogP contribution in [0.2, 0.25) is 0 Å². The zero-order valence-corrected chi connectivity index (χ0v) is 45.8. The Balaban J connectivity index is 4.07. The Morgan fingerprint density at radius 2 is 0.557 bits per heavy atom. The van der Waals surface area contributed by atoms with Crippen molar-refractivity contribution >= 4 is 17.9 Å². The van der Waals surface area contributed by atoms with Crippen LogP contribution in [-0.2, 0) is 28.6 Å². The molecule has 1 atom stereocenters. The number of allylic oxidation sites excluding steroid dienone is 16. The molecule has 6 nitrogen and oxygen atoms in total. The topological polar surface area (TPSA) is 78.9 Å². The van der Waals surface area contributed by atoms with Crippen molar-refractivity contribution in [2.45, 2.75) is 277 Å². The summed E-state index contributed by atoms with van der Waals surface area (Å²) in [5.74, 6) is -0.906. The molecule has 0 radical (unpaired) electrons. The fraction of sp³-hybridized carbons (Fsp3) is 0.703. The molecule has 6 heteroatoms. The SMILES string of the molecule is CC/C=C\C/C=C\C/C=C\C/C=C\C/C=C\C/C=C\CCCCCCCCCCCCCCC(=O)OCC(COC(=O)CCCCCCCC)OC(=O)CCCCCCC/C=C\C/C=C\CCCCC. The molecule has 0 aliphatic carbocycles. The predicted molar refractivity (Wildman–Crippen MR) is 302 cm³/mol. The molecule has 0 saturated carbocycles. The summed E-state index contributed by atoms with van der Waals surface area (Å²) >= 11 is 0. The minimum atomic E-state index is -0.781. The van der Waals surface area contributed by atoms with Crippen LogP contribution < -0.4 is 0 Å². The number of unbranched alkanes of at least 4 members (excludes halogenated alkanes) is 25. The first-order chi connectivity index (χ1) is 34.5. The first kappa shape index (κ1) is 66.3. The van der Waals surface area contributed by atoms with Crippen LogP contribution in [0.3, 0.4) is 0 Å². The van der Waals surface area contributed by atoms with Gasteiger partial charge in [-0.15, -0.1) is 0 Å². The minimum Gasteiger partial charge on any atom is -0.462 e. The normalized spacial score (nSPS) is 12.8. The lowest BCUT2D eigenvalue weighted by Gasteiger charge is -2.18. The van der Waals surface area contributed by atoms with Gasteiger partial charge in [-0.25, -0.2) is 0 Å². The number of hydrogen-bond acceptors (Lipinski definition) is 6. The quantitative estimate of drug-likeness (QED) is 0.0262. The minimum absolute atomic E-state index is 0.0824. The molecule has 0 aromatic rings. The van der Waals surface area contributed by atoms with Gasteiger partial charge in [0.05, 0.1) is 0 Å². The molecule has 0 bridgehead atoms. The predicted octanol–water partition coefficient (Wildman–Crippen LogP) is 19.7. The smallest absolute Gasteiger partial charge is 0.306 e. The standard InChI is InChI=1S/C64H108O6/c1-4-7-10-13-16-18-20-22-24-25-26-27-28-29-30-31-32-33-34-35-36-37-38-39-41-42-44-46-48-51-54-57-63(66)69-60-61(59-68-62(65)56-53-50-15-12-9-6-3)70-64(67)58-55-52-49-47-45-43-40-23-21-19-17-14-11-8-5-2/h7,10,16-19,22-24,26-27,29-30,32-33,40,61H,4-6,8-9,11-15,20-21,25,28,31,34-39,41-60H2,1-3H3/b10-7-,18-16-,19-17-,24-22-,27-26-,30-29-,33-32-,40-23-. The monoisotopic (exact) mass is 973 g/mol. The van der Waals surface area contributed by atoms with Gasteiger partial charge in [-0.1, -0.05) is 246 Å². The molecule has 0 spiro atoms. The van der Waals surface area contributed by atoms with Gasteiger partial charge in [0.25, 0.3) is 0 Å². The number of hydrogen-bond donors (Lipinski definition) is 0. The van der Waals surface area contributed by atoms with Gasteiger partial charge >= 0.3 is 17.9 Å². The molecule has 0 rings (SSSR count). The van der Waals surface area contributed by atoms with Gasteiger partial charge in [0.15, 0.2) is 6.10 Å². The van der Waals surface area contributed by atoms with Crippen LogP contribution >= 0.6 is 0 Å². The van der Waals surface area contributed by atoms with Crippen LogP contribution in [0.1, 0.15) is 271 Å². The summed E-state index contributed by atoms with van der Waals surface area (Å²) in [7, 11) is 0. The molecule has 0 N–H and O–H groups in total. The van der Waals surface area contributed by atoms with Crippen LogP contribution in [0, 0.1) is 0 Å². The van der Waals surface area contributed by atoms with Gasteiger partial charge in [-0.2, -0.15) is 0 Å². The summed E-state index contributed by atoms with van der Waals surface area (Å²) < 4.78 is 16.7. The number of carbonyl (C=O) groups excluding carboxylic acids is 3. The van der Waals surface area contributed by atoms with Crippen LogP contribution in [0.5, 0.6) is 0 Å². The second kappa shape index (κ2) is 57.9. The molecule has 1 unspecified atom stereocenters. The molecule has 0 heterocycles. The first-order valence-corrected chi connectivity index (χ1v) is 29.2. The van der Waals surface area contributed by atoms with Crippen molar-refractivity contribution in [1.29, 1.82) is 0 Å². The Morgan fingerprint density at radius 1 is 0.300 bits per heavy atom. The van der Waals surface area contributed by atoms with E-state index >= 15 is 0 Å². The van der Waals surface area contributed by atoms with E-state index in [1.54, 1.807) is 0 Å². The second-order valence-electron chi connectivity index (χ2n) is 19.2. The van der Waals surface area contributed by atoms with Crippen molar-refractivity contribution < 1.29 is 28.6 Å². The largest absolute Gasteiger partial charge is 0.462 e. The summed E-state index contributed by atoms with van der Waals surface area (Å²) in [4.78, 5) is 37.8. The van der Waals surface area contributed by atoms with Gasteiger partial charge in [0.2, 0.25) is 0 Å². The van der Waals surface area contributed by atoms with E-state index in [4.69, 9.17) is 14.2 Å². The highest BCUT2D eigenvalue weighted by atomic mass is 16.6. The maximum atomic E-state index is 12.8. The van der Waals surface area contributed by atoms with E-state index in [-0.39, 0.29) is 31.1 Å². The second-order valence-corrected chi connectivity index (χ2v) is 19.2. The summed E-state index contributed by atoms with van der Waals surface area (Å²) in [5, 5.41) is 0. The van der Waals surface area contributed by atoms with E-state index in [9.17, 15) is 14.4 Å². The van der Waals surface area contributed by atoms with Crippen molar-refractivity contribution in [2.75, 3.05) is 13.2 Å². The Labute approximate surface area is 432 Å². The van der Waals surface area contributed by atoms with Gasteiger partial charge in [-0.05, 0) is 103 Å². The lowest BCUT2D eigenvalue weighted by atomic mass is 10.0. The molecule has 0 aromatic heterocycles. The van der Waals surface area contributed by atoms with Crippen LogP contribution in [-0.4, -0.2) is 37.2 Å². The highest BCUT2D eigenvalue weighted by Crippen LogP contribution is 2.15. The van der Waals surface area contributed by atoms with Crippen LogP contribution in [0.25, 0.3) is 0 Å². The maximum Gasteiger partial charge on any atom is 0.306 e. The summed E-state index contributed by atoms with van der Waals surface area (Å²) in [6.07, 6.45) is 77.2. The molecule has 0 aromatic carbocycles. The third-order valence-corrected chi connectivity index (χ3v) is 12.3. The van der Waals surface area contributed by atoms with E-state index < -0.39 is 6.10 Å². The fourth-order valence-electron chi connectivity index (χ4n) is 7.95. The van der Waals surface area contributed by atoms with E-state index in [1.165, 1.54) is 109 Å². The van der Waals surface area contributed by atoms with Crippen LogP contribution in [0.15, 0.2) is 97.2 Å². The Bertz CT molecular complexity index is 1400. The zero-order valence-electron chi connectivity index (χ0n) is 45.8. The Kier molecular flexibility index (Phi) is 54.9. The van der Waals surface area contributed by atoms with Crippen molar-refractivity contribution in [3.63, 3.8) is 0 Å². The molecule has 400 valence electrons. The lowest BCUT2D eigenvalue weighted by molar-refractivity contribution is -0.167. The third kappa shape index (κ3) is 55.3. The summed E-state index contributed by atoms with van der Waals surface area (Å²) in [6, 6.07) is 0. The Morgan fingerprint density at radius 3 is 0.900 bits per heavy atom. The summed E-state index contributed by atoms with van der Waals surface area (Å²) in [5.41, 5.74) is 0. The van der Waals surface area contributed by atoms with Gasteiger partial charge in [0, 0.05) is 19.3 Å². The maximum absolute atomic E-state index is 12.8. The molecule has 0 fully saturated rings. The lowest BCUT2D eigenvalue weighted by Crippen LogP contribution is -2.30. The molecule has 0 saturated heterocycles. The van der Waals surface area contributed by atoms with Crippen LogP contribution in [0.4, 0.5) is 0 Å². The highest BCUT2D eigenvalue weighted by molar-refractivity contribution is 5.71. The number of ether oxygens (including phenoxy) is 3. The van der Waals surface area contributed by atoms with E-state index in [1.807, 2.05) is 0 Å². The first-order valence-electron chi connectivity index (χ1n) is 29.2. The Hall–Kier alpha value is -3.67. The van der Waals surface area contributed by atoms with Crippen molar-refractivity contribution in [2.24, 2.45) is 0 Å². The number of rotatable bonds is 52. The summed E-state index contributed by atoms with van der Waals surface area (Å²) in [6.45, 7) is 6.43.